The van der Waals surface area contributed by atoms with Gasteiger partial charge in [-0.25, -0.2) is 0 Å². The van der Waals surface area contributed by atoms with Crippen LogP contribution in [0, 0.1) is 0 Å². The number of benzene rings is 1. The van der Waals surface area contributed by atoms with Crippen molar-refractivity contribution in [1.29, 1.82) is 0 Å². The van der Waals surface area contributed by atoms with Gasteiger partial charge in [0.25, 0.3) is 0 Å². The van der Waals surface area contributed by atoms with Gasteiger partial charge in [-0.05, 0) is 30.4 Å². The molecule has 1 heterocycles. The molecule has 0 spiro atoms. The average molecular weight is 275 g/mol. The maximum Gasteiger partial charge on any atom is 0.323 e. The van der Waals surface area contributed by atoms with Crippen LogP contribution >= 0.6 is 0 Å². The highest BCUT2D eigenvalue weighted by Crippen LogP contribution is 2.19. The van der Waals surface area contributed by atoms with Gasteiger partial charge in [-0.15, -0.1) is 0 Å². The van der Waals surface area contributed by atoms with Gasteiger partial charge in [0.1, 0.15) is 6.04 Å². The summed E-state index contributed by atoms with van der Waals surface area (Å²) in [6.07, 6.45) is 5.13. The molecule has 1 atom stereocenters. The molecule has 3 nitrogen and oxygen atoms in total. The number of rotatable bonds is 5. The van der Waals surface area contributed by atoms with E-state index in [9.17, 15) is 4.79 Å². The molecular formula is C17H25NO2. The van der Waals surface area contributed by atoms with Gasteiger partial charge >= 0.3 is 5.97 Å². The highest BCUT2D eigenvalue weighted by Gasteiger charge is 2.27. The zero-order valence-electron chi connectivity index (χ0n) is 12.6. The molecule has 20 heavy (non-hydrogen) atoms. The van der Waals surface area contributed by atoms with Gasteiger partial charge in [-0.3, -0.25) is 9.69 Å². The summed E-state index contributed by atoms with van der Waals surface area (Å²) in [6.45, 7) is 4.05. The van der Waals surface area contributed by atoms with Crippen LogP contribution in [0.25, 0.3) is 0 Å². The summed E-state index contributed by atoms with van der Waals surface area (Å²) in [4.78, 5) is 14.3. The number of carbonyl (C=O) groups is 1. The maximum absolute atomic E-state index is 12.0. The second-order valence-electron chi connectivity index (χ2n) is 5.49. The molecule has 0 radical (unpaired) electrons. The number of hydrogen-bond acceptors (Lipinski definition) is 3. The largest absolute Gasteiger partial charge is 0.468 e. The molecule has 0 aliphatic carbocycles. The Hall–Kier alpha value is -1.35. The van der Waals surface area contributed by atoms with Crippen molar-refractivity contribution in [2.24, 2.45) is 0 Å². The molecule has 0 N–H and O–H groups in total. The molecule has 0 bridgehead atoms. The van der Waals surface area contributed by atoms with Gasteiger partial charge < -0.3 is 4.74 Å². The van der Waals surface area contributed by atoms with E-state index in [1.54, 1.807) is 0 Å². The molecule has 1 unspecified atom stereocenters. The highest BCUT2D eigenvalue weighted by atomic mass is 16.5. The third-order valence-corrected chi connectivity index (χ3v) is 4.20. The standard InChI is InChI=1S/C17H25NO2/c1-3-4-9-16(17(19)20-2)18-12-10-14-7-5-6-8-15(14)11-13-18/h5-8,16H,3-4,9-13H2,1-2H3. The fraction of sp³-hybridized carbons (Fsp3) is 0.588. The molecule has 0 amide bonds. The number of fused-ring (bicyclic) bond motifs is 1. The first-order valence-corrected chi connectivity index (χ1v) is 7.65. The Kier molecular flexibility index (Phi) is 5.60. The molecule has 1 aliphatic heterocycles. The summed E-state index contributed by atoms with van der Waals surface area (Å²) in [5, 5.41) is 0. The predicted molar refractivity (Wildman–Crippen MR) is 80.8 cm³/mol. The molecule has 0 saturated carbocycles. The van der Waals surface area contributed by atoms with Crippen LogP contribution in [0.5, 0.6) is 0 Å². The van der Waals surface area contributed by atoms with E-state index < -0.39 is 0 Å². The van der Waals surface area contributed by atoms with Gasteiger partial charge in [0.15, 0.2) is 0 Å². The fourth-order valence-corrected chi connectivity index (χ4v) is 2.98. The lowest BCUT2D eigenvalue weighted by atomic mass is 10.0. The van der Waals surface area contributed by atoms with Crippen LogP contribution in [-0.2, 0) is 22.4 Å². The van der Waals surface area contributed by atoms with Crippen molar-refractivity contribution in [3.05, 3.63) is 35.4 Å². The molecule has 0 aromatic heterocycles. The lowest BCUT2D eigenvalue weighted by Gasteiger charge is -2.28. The van der Waals surface area contributed by atoms with E-state index in [0.29, 0.717) is 0 Å². The Balaban J connectivity index is 2.06. The topological polar surface area (TPSA) is 29.5 Å². The SMILES string of the molecule is CCCCC(C(=O)OC)N1CCc2ccccc2CC1. The molecule has 1 aliphatic rings. The monoisotopic (exact) mass is 275 g/mol. The summed E-state index contributed by atoms with van der Waals surface area (Å²) >= 11 is 0. The third kappa shape index (κ3) is 3.60. The minimum Gasteiger partial charge on any atom is -0.468 e. The number of unbranched alkanes of at least 4 members (excludes halogenated alkanes) is 1. The number of nitrogens with zero attached hydrogens (tertiary/aromatic N) is 1. The Morgan fingerprint density at radius 1 is 1.25 bits per heavy atom. The second kappa shape index (κ2) is 7.44. The molecule has 0 saturated heterocycles. The minimum absolute atomic E-state index is 0.0748. The van der Waals surface area contributed by atoms with E-state index in [-0.39, 0.29) is 12.0 Å². The summed E-state index contributed by atoms with van der Waals surface area (Å²) in [5.41, 5.74) is 2.85. The number of methoxy groups -OCH3 is 1. The van der Waals surface area contributed by atoms with Gasteiger partial charge in [0.05, 0.1) is 7.11 Å². The Labute approximate surface area is 121 Å². The summed E-state index contributed by atoms with van der Waals surface area (Å²) in [7, 11) is 1.49. The second-order valence-corrected chi connectivity index (χ2v) is 5.49. The summed E-state index contributed by atoms with van der Waals surface area (Å²) < 4.78 is 5.00. The van der Waals surface area contributed by atoms with Crippen molar-refractivity contribution in [2.75, 3.05) is 20.2 Å². The number of hydrogen-bond donors (Lipinski definition) is 0. The maximum atomic E-state index is 12.0. The number of carbonyl (C=O) groups excluding carboxylic acids is 1. The van der Waals surface area contributed by atoms with Crippen molar-refractivity contribution >= 4 is 5.97 Å². The smallest absolute Gasteiger partial charge is 0.323 e. The first-order valence-electron chi connectivity index (χ1n) is 7.65. The highest BCUT2D eigenvalue weighted by molar-refractivity contribution is 5.75. The van der Waals surface area contributed by atoms with E-state index in [1.165, 1.54) is 18.2 Å². The first-order chi connectivity index (χ1) is 9.76. The van der Waals surface area contributed by atoms with Crippen molar-refractivity contribution in [3.63, 3.8) is 0 Å². The Morgan fingerprint density at radius 3 is 2.35 bits per heavy atom. The molecule has 3 heteroatoms. The quantitative estimate of drug-likeness (QED) is 0.774. The van der Waals surface area contributed by atoms with Gasteiger partial charge in [0, 0.05) is 13.1 Å². The summed E-state index contributed by atoms with van der Waals surface area (Å²) in [6, 6.07) is 8.54. The fourth-order valence-electron chi connectivity index (χ4n) is 2.98. The average Bonchev–Trinajstić information content (AvgIpc) is 2.70. The zero-order valence-corrected chi connectivity index (χ0v) is 12.6. The van der Waals surface area contributed by atoms with Crippen LogP contribution in [0.3, 0.4) is 0 Å². The van der Waals surface area contributed by atoms with Crippen molar-refractivity contribution in [2.45, 2.75) is 45.1 Å². The minimum atomic E-state index is -0.0793. The van der Waals surface area contributed by atoms with Crippen LogP contribution < -0.4 is 0 Å². The molecule has 1 aromatic rings. The number of esters is 1. The lowest BCUT2D eigenvalue weighted by Crippen LogP contribution is -2.43. The lowest BCUT2D eigenvalue weighted by molar-refractivity contribution is -0.147. The van der Waals surface area contributed by atoms with E-state index in [4.69, 9.17) is 4.74 Å². The van der Waals surface area contributed by atoms with Crippen LogP contribution in [0.2, 0.25) is 0 Å². The van der Waals surface area contributed by atoms with E-state index in [1.807, 2.05) is 0 Å². The van der Waals surface area contributed by atoms with Gasteiger partial charge in [0.2, 0.25) is 0 Å². The van der Waals surface area contributed by atoms with Crippen molar-refractivity contribution < 1.29 is 9.53 Å². The molecule has 2 rings (SSSR count). The predicted octanol–water partition coefficient (Wildman–Crippen LogP) is 2.82. The summed E-state index contributed by atoms with van der Waals surface area (Å²) in [5.74, 6) is -0.0793. The molecule has 0 fully saturated rings. The van der Waals surface area contributed by atoms with Crippen LogP contribution in [0.1, 0.15) is 37.3 Å². The third-order valence-electron chi connectivity index (χ3n) is 4.20. The normalized spacial score (nSPS) is 17.1. The van der Waals surface area contributed by atoms with Crippen molar-refractivity contribution in [3.8, 4) is 0 Å². The van der Waals surface area contributed by atoms with Gasteiger partial charge in [-0.2, -0.15) is 0 Å². The van der Waals surface area contributed by atoms with Gasteiger partial charge in [-0.1, -0.05) is 44.0 Å². The Morgan fingerprint density at radius 2 is 1.85 bits per heavy atom. The molecular weight excluding hydrogens is 250 g/mol. The molecule has 110 valence electrons. The van der Waals surface area contributed by atoms with Crippen LogP contribution in [0.4, 0.5) is 0 Å². The number of ether oxygens (including phenoxy) is 1. The van der Waals surface area contributed by atoms with Crippen LogP contribution in [0.15, 0.2) is 24.3 Å². The van der Waals surface area contributed by atoms with Crippen molar-refractivity contribution in [1.82, 2.24) is 4.90 Å². The first kappa shape index (κ1) is 15.0. The van der Waals surface area contributed by atoms with Crippen LogP contribution in [-0.4, -0.2) is 37.1 Å². The van der Waals surface area contributed by atoms with E-state index in [0.717, 1.165) is 45.2 Å². The molecule has 1 aromatic carbocycles. The Bertz CT molecular complexity index is 417. The van der Waals surface area contributed by atoms with E-state index >= 15 is 0 Å². The van der Waals surface area contributed by atoms with E-state index in [2.05, 4.69) is 36.1 Å². The zero-order chi connectivity index (χ0) is 14.4.